The highest BCUT2D eigenvalue weighted by atomic mass is 35.5. The van der Waals surface area contributed by atoms with E-state index in [1.54, 1.807) is 17.0 Å². The quantitative estimate of drug-likeness (QED) is 0.822. The Balaban J connectivity index is 2.32. The predicted octanol–water partition coefficient (Wildman–Crippen LogP) is 3.46. The summed E-state index contributed by atoms with van der Waals surface area (Å²) in [6.45, 7) is 6.21. The minimum absolute atomic E-state index is 0.0794. The topological polar surface area (TPSA) is 54.5 Å². The molecule has 0 atom stereocenters. The summed E-state index contributed by atoms with van der Waals surface area (Å²) < 4.78 is 25.0. The number of hydrogen-bond donors (Lipinski definition) is 0. The van der Waals surface area contributed by atoms with Crippen molar-refractivity contribution in [3.8, 4) is 0 Å². The molecule has 1 aliphatic rings. The van der Waals surface area contributed by atoms with Gasteiger partial charge in [0.15, 0.2) is 9.84 Å². The molecule has 1 amide bonds. The van der Waals surface area contributed by atoms with E-state index < -0.39 is 9.84 Å². The lowest BCUT2D eigenvalue weighted by Crippen LogP contribution is -2.26. The Kier molecular flexibility index (Phi) is 5.17. The summed E-state index contributed by atoms with van der Waals surface area (Å²) in [4.78, 5) is 13.4. The van der Waals surface area contributed by atoms with Gasteiger partial charge in [0.2, 0.25) is 5.91 Å². The minimum Gasteiger partial charge on any atom is -0.312 e. The fourth-order valence-electron chi connectivity index (χ4n) is 2.75. The van der Waals surface area contributed by atoms with Gasteiger partial charge in [-0.3, -0.25) is 4.79 Å². The maximum Gasteiger partial charge on any atom is 0.223 e. The number of rotatable bonds is 5. The molecule has 0 N–H and O–H groups in total. The van der Waals surface area contributed by atoms with Crippen molar-refractivity contribution >= 4 is 33.0 Å². The zero-order valence-corrected chi connectivity index (χ0v) is 14.8. The first-order valence-electron chi connectivity index (χ1n) is 7.55. The van der Waals surface area contributed by atoms with Crippen LogP contribution in [-0.4, -0.2) is 26.6 Å². The van der Waals surface area contributed by atoms with Gasteiger partial charge in [0.1, 0.15) is 0 Å². The molecule has 0 saturated carbocycles. The fourth-order valence-corrected chi connectivity index (χ4v) is 4.70. The summed E-state index contributed by atoms with van der Waals surface area (Å²) in [6.07, 6.45) is 2.19. The molecule has 0 spiro atoms. The molecule has 1 aromatic carbocycles. The maximum absolute atomic E-state index is 12.5. The van der Waals surface area contributed by atoms with Crippen LogP contribution in [0, 0.1) is 5.92 Å². The van der Waals surface area contributed by atoms with Crippen LogP contribution >= 0.6 is 11.6 Å². The van der Waals surface area contributed by atoms with E-state index in [1.807, 2.05) is 0 Å². The predicted molar refractivity (Wildman–Crippen MR) is 89.3 cm³/mol. The van der Waals surface area contributed by atoms with Crippen molar-refractivity contribution < 1.29 is 13.2 Å². The third kappa shape index (κ3) is 3.63. The van der Waals surface area contributed by atoms with Crippen molar-refractivity contribution in [3.63, 3.8) is 0 Å². The van der Waals surface area contributed by atoms with E-state index in [0.29, 0.717) is 31.0 Å². The SMILES string of the molecule is CC(=O)N1CCc2cc(Cl)c(S(=O)(=O)CCCC(C)C)cc21. The monoisotopic (exact) mass is 343 g/mol. The van der Waals surface area contributed by atoms with Gasteiger partial charge < -0.3 is 4.90 Å². The highest BCUT2D eigenvalue weighted by Gasteiger charge is 2.27. The Hall–Kier alpha value is -1.07. The van der Waals surface area contributed by atoms with Crippen LogP contribution in [0.2, 0.25) is 5.02 Å². The molecule has 0 aromatic heterocycles. The molecule has 0 radical (unpaired) electrons. The van der Waals surface area contributed by atoms with Gasteiger partial charge in [-0.2, -0.15) is 0 Å². The third-order valence-corrected chi connectivity index (χ3v) is 6.20. The van der Waals surface area contributed by atoms with Gasteiger partial charge in [-0.1, -0.05) is 25.4 Å². The third-order valence-electron chi connectivity index (χ3n) is 3.94. The zero-order valence-electron chi connectivity index (χ0n) is 13.2. The summed E-state index contributed by atoms with van der Waals surface area (Å²) in [5.41, 5.74) is 1.61. The van der Waals surface area contributed by atoms with Crippen molar-refractivity contribution in [1.29, 1.82) is 0 Å². The average Bonchev–Trinajstić information content (AvgIpc) is 2.79. The van der Waals surface area contributed by atoms with Gasteiger partial charge in [0.05, 0.1) is 15.7 Å². The lowest BCUT2D eigenvalue weighted by molar-refractivity contribution is -0.116. The normalized spacial score (nSPS) is 14.5. The Morgan fingerprint density at radius 3 is 2.64 bits per heavy atom. The molecule has 1 heterocycles. The van der Waals surface area contributed by atoms with Crippen LogP contribution in [0.25, 0.3) is 0 Å². The van der Waals surface area contributed by atoms with Crippen molar-refractivity contribution in [2.24, 2.45) is 5.92 Å². The summed E-state index contributed by atoms with van der Waals surface area (Å²) >= 11 is 6.18. The lowest BCUT2D eigenvalue weighted by atomic mass is 10.1. The second-order valence-corrected chi connectivity index (χ2v) is 8.67. The lowest BCUT2D eigenvalue weighted by Gasteiger charge is -2.16. The van der Waals surface area contributed by atoms with Gasteiger partial charge in [0.25, 0.3) is 0 Å². The van der Waals surface area contributed by atoms with Gasteiger partial charge in [-0.05, 0) is 42.9 Å². The second kappa shape index (κ2) is 6.59. The highest BCUT2D eigenvalue weighted by molar-refractivity contribution is 7.91. The molecule has 1 aliphatic heterocycles. The maximum atomic E-state index is 12.5. The number of carbonyl (C=O) groups excluding carboxylic acids is 1. The Morgan fingerprint density at radius 2 is 2.05 bits per heavy atom. The molecule has 22 heavy (non-hydrogen) atoms. The molecule has 1 aromatic rings. The van der Waals surface area contributed by atoms with E-state index in [0.717, 1.165) is 12.0 Å². The number of halogens is 1. The molecule has 0 bridgehead atoms. The van der Waals surface area contributed by atoms with Gasteiger partial charge in [0, 0.05) is 19.2 Å². The average molecular weight is 344 g/mol. The van der Waals surface area contributed by atoms with Crippen molar-refractivity contribution in [2.75, 3.05) is 17.2 Å². The first-order chi connectivity index (χ1) is 10.2. The summed E-state index contributed by atoms with van der Waals surface area (Å²) in [5.74, 6) is 0.479. The number of benzene rings is 1. The second-order valence-electron chi connectivity index (χ2n) is 6.19. The number of hydrogen-bond acceptors (Lipinski definition) is 3. The molecular formula is C16H22ClNO3S. The zero-order chi connectivity index (χ0) is 16.5. The first-order valence-corrected chi connectivity index (χ1v) is 9.58. The van der Waals surface area contributed by atoms with Crippen molar-refractivity contribution in [2.45, 2.75) is 44.9 Å². The van der Waals surface area contributed by atoms with Crippen LogP contribution in [0.5, 0.6) is 0 Å². The molecule has 0 aliphatic carbocycles. The van der Waals surface area contributed by atoms with E-state index in [1.165, 1.54) is 6.92 Å². The first kappa shape index (κ1) is 17.3. The summed E-state index contributed by atoms with van der Waals surface area (Å²) in [5, 5.41) is 0.258. The molecular weight excluding hydrogens is 322 g/mol. The van der Waals surface area contributed by atoms with Crippen LogP contribution in [-0.2, 0) is 21.1 Å². The Bertz CT molecular complexity index is 683. The molecule has 122 valence electrons. The van der Waals surface area contributed by atoms with Crippen LogP contribution < -0.4 is 4.90 Å². The molecule has 6 heteroatoms. The largest absolute Gasteiger partial charge is 0.312 e. The standard InChI is InChI=1S/C16H22ClNO3S/c1-11(2)5-4-8-22(20,21)16-10-15-13(9-14(16)17)6-7-18(15)12(3)19/h9-11H,4-8H2,1-3H3. The molecule has 0 saturated heterocycles. The van der Waals surface area contributed by atoms with E-state index in [9.17, 15) is 13.2 Å². The number of fused-ring (bicyclic) bond motifs is 1. The van der Waals surface area contributed by atoms with Crippen LogP contribution in [0.1, 0.15) is 39.2 Å². The number of carbonyl (C=O) groups is 1. The molecule has 2 rings (SSSR count). The minimum atomic E-state index is -3.43. The van der Waals surface area contributed by atoms with E-state index in [4.69, 9.17) is 11.6 Å². The van der Waals surface area contributed by atoms with Crippen LogP contribution in [0.3, 0.4) is 0 Å². The van der Waals surface area contributed by atoms with Gasteiger partial charge in [-0.15, -0.1) is 0 Å². The van der Waals surface area contributed by atoms with Crippen molar-refractivity contribution in [3.05, 3.63) is 22.7 Å². The van der Waals surface area contributed by atoms with Crippen molar-refractivity contribution in [1.82, 2.24) is 0 Å². The number of sulfone groups is 1. The Labute approximate surface area is 137 Å². The number of anilines is 1. The Morgan fingerprint density at radius 1 is 1.36 bits per heavy atom. The van der Waals surface area contributed by atoms with E-state index in [-0.39, 0.29) is 21.6 Å². The van der Waals surface area contributed by atoms with Gasteiger partial charge in [-0.25, -0.2) is 8.42 Å². The number of amides is 1. The molecule has 0 fully saturated rings. The molecule has 0 unspecified atom stereocenters. The van der Waals surface area contributed by atoms with E-state index >= 15 is 0 Å². The van der Waals surface area contributed by atoms with Gasteiger partial charge >= 0.3 is 0 Å². The summed E-state index contributed by atoms with van der Waals surface area (Å²) in [7, 11) is -3.43. The van der Waals surface area contributed by atoms with Crippen LogP contribution in [0.15, 0.2) is 17.0 Å². The van der Waals surface area contributed by atoms with E-state index in [2.05, 4.69) is 13.8 Å². The smallest absolute Gasteiger partial charge is 0.223 e. The fraction of sp³-hybridized carbons (Fsp3) is 0.562. The summed E-state index contributed by atoms with van der Waals surface area (Å²) in [6, 6.07) is 3.26. The highest BCUT2D eigenvalue weighted by Crippen LogP contribution is 2.35. The number of nitrogens with zero attached hydrogens (tertiary/aromatic N) is 1. The molecule has 4 nitrogen and oxygen atoms in total. The van der Waals surface area contributed by atoms with Crippen LogP contribution in [0.4, 0.5) is 5.69 Å².